The first kappa shape index (κ1) is 32.1. The third-order valence-electron chi connectivity index (χ3n) is 8.32. The molecule has 0 bridgehead atoms. The summed E-state index contributed by atoms with van der Waals surface area (Å²) in [6, 6.07) is 16.1. The zero-order valence-corrected chi connectivity index (χ0v) is 27.7. The molecule has 0 N–H and O–H groups in total. The number of ether oxygens (including phenoxy) is 4. The van der Waals surface area contributed by atoms with Crippen LogP contribution in [-0.4, -0.2) is 61.4 Å². The van der Waals surface area contributed by atoms with Gasteiger partial charge in [-0.1, -0.05) is 47.7 Å². The maximum atomic E-state index is 14.3. The highest BCUT2D eigenvalue weighted by Crippen LogP contribution is 2.40. The van der Waals surface area contributed by atoms with Crippen molar-refractivity contribution < 1.29 is 28.5 Å². The van der Waals surface area contributed by atoms with Gasteiger partial charge in [-0.25, -0.2) is 9.79 Å². The Labute approximate surface area is 276 Å². The second-order valence-corrected chi connectivity index (χ2v) is 12.2. The average Bonchev–Trinajstić information content (AvgIpc) is 3.72. The summed E-state index contributed by atoms with van der Waals surface area (Å²) in [6.45, 7) is 7.38. The Morgan fingerprint density at radius 3 is 2.49 bits per heavy atom. The van der Waals surface area contributed by atoms with E-state index < -0.39 is 12.0 Å². The fourth-order valence-corrected chi connectivity index (χ4v) is 7.20. The largest absolute Gasteiger partial charge is 0.496 e. The molecular formula is C36H37N3O7S. The Hall–Kier alpha value is -4.90. The smallest absolute Gasteiger partial charge is 0.338 e. The molecular weight excluding hydrogens is 618 g/mol. The van der Waals surface area contributed by atoms with Gasteiger partial charge in [0.25, 0.3) is 11.5 Å². The molecule has 1 amide bonds. The number of carbonyl (C=O) groups excluding carboxylic acids is 2. The van der Waals surface area contributed by atoms with Crippen LogP contribution in [0.1, 0.15) is 50.8 Å². The van der Waals surface area contributed by atoms with Gasteiger partial charge in [0, 0.05) is 18.7 Å². The van der Waals surface area contributed by atoms with Crippen LogP contribution in [0, 0.1) is 0 Å². The lowest BCUT2D eigenvalue weighted by atomic mass is 9.90. The monoisotopic (exact) mass is 655 g/mol. The highest BCUT2D eigenvalue weighted by Gasteiger charge is 2.36. The van der Waals surface area contributed by atoms with Gasteiger partial charge in [0.1, 0.15) is 11.8 Å². The van der Waals surface area contributed by atoms with Gasteiger partial charge in [0.2, 0.25) is 0 Å². The van der Waals surface area contributed by atoms with E-state index in [4.69, 9.17) is 23.9 Å². The first-order chi connectivity index (χ1) is 22.8. The lowest BCUT2D eigenvalue weighted by Gasteiger charge is -2.27. The summed E-state index contributed by atoms with van der Waals surface area (Å²) in [5, 5.41) is 1.79. The van der Waals surface area contributed by atoms with Gasteiger partial charge in [0.15, 0.2) is 22.9 Å². The lowest BCUT2D eigenvalue weighted by molar-refractivity contribution is -0.139. The summed E-state index contributed by atoms with van der Waals surface area (Å²) in [6.07, 6.45) is 3.79. The van der Waals surface area contributed by atoms with E-state index in [0.717, 1.165) is 36.7 Å². The number of likely N-dealkylation sites (tertiary alicyclic amines) is 1. The molecule has 0 saturated carbocycles. The molecule has 6 rings (SSSR count). The highest BCUT2D eigenvalue weighted by molar-refractivity contribution is 7.07. The van der Waals surface area contributed by atoms with Crippen LogP contribution in [0.15, 0.2) is 75.7 Å². The van der Waals surface area contributed by atoms with Gasteiger partial charge in [-0.2, -0.15) is 0 Å². The first-order valence-electron chi connectivity index (χ1n) is 15.8. The minimum absolute atomic E-state index is 0.0509. The van der Waals surface area contributed by atoms with Crippen molar-refractivity contribution in [2.24, 2.45) is 4.99 Å². The maximum Gasteiger partial charge on any atom is 0.338 e. The Balaban J connectivity index is 1.45. The summed E-state index contributed by atoms with van der Waals surface area (Å²) in [5.41, 5.74) is 1.83. The summed E-state index contributed by atoms with van der Waals surface area (Å²) < 4.78 is 25.0. The molecule has 3 aromatic carbocycles. The fraction of sp³-hybridized carbons (Fsp3) is 0.333. The van der Waals surface area contributed by atoms with Crippen LogP contribution < -0.4 is 29.1 Å². The van der Waals surface area contributed by atoms with Gasteiger partial charge in [-0.15, -0.1) is 0 Å². The van der Waals surface area contributed by atoms with E-state index in [1.165, 1.54) is 11.3 Å². The number of hydrogen-bond acceptors (Lipinski definition) is 9. The number of rotatable bonds is 10. The van der Waals surface area contributed by atoms with Crippen molar-refractivity contribution in [3.8, 4) is 17.2 Å². The van der Waals surface area contributed by atoms with Crippen LogP contribution in [-0.2, 0) is 14.3 Å². The summed E-state index contributed by atoms with van der Waals surface area (Å²) in [5.74, 6) is 0.880. The minimum atomic E-state index is -0.837. The van der Waals surface area contributed by atoms with Crippen LogP contribution in [0.4, 0.5) is 0 Å². The minimum Gasteiger partial charge on any atom is -0.496 e. The third kappa shape index (κ3) is 6.27. The molecule has 47 heavy (non-hydrogen) atoms. The van der Waals surface area contributed by atoms with Crippen LogP contribution in [0.25, 0.3) is 16.8 Å². The molecule has 0 aliphatic carbocycles. The number of nitrogens with zero attached hydrogens (tertiary/aromatic N) is 3. The zero-order chi connectivity index (χ0) is 33.1. The quantitative estimate of drug-likeness (QED) is 0.234. The van der Waals surface area contributed by atoms with Crippen LogP contribution in [0.5, 0.6) is 17.2 Å². The van der Waals surface area contributed by atoms with Crippen molar-refractivity contribution in [3.05, 3.63) is 96.7 Å². The predicted molar refractivity (Wildman–Crippen MR) is 180 cm³/mol. The van der Waals surface area contributed by atoms with Crippen molar-refractivity contribution in [3.63, 3.8) is 0 Å². The number of esters is 1. The third-order valence-corrected chi connectivity index (χ3v) is 9.30. The van der Waals surface area contributed by atoms with Crippen molar-refractivity contribution in [2.45, 2.75) is 39.7 Å². The Kier molecular flexibility index (Phi) is 9.44. The molecule has 2 aliphatic rings. The van der Waals surface area contributed by atoms with Crippen molar-refractivity contribution in [1.29, 1.82) is 0 Å². The highest BCUT2D eigenvalue weighted by atomic mass is 32.1. The topological polar surface area (TPSA) is 109 Å². The number of amides is 1. The van der Waals surface area contributed by atoms with E-state index in [1.807, 2.05) is 54.3 Å². The summed E-state index contributed by atoms with van der Waals surface area (Å²) in [4.78, 5) is 47.4. The second kappa shape index (κ2) is 13.8. The van der Waals surface area contributed by atoms with Crippen LogP contribution >= 0.6 is 11.3 Å². The van der Waals surface area contributed by atoms with Crippen LogP contribution in [0.2, 0.25) is 0 Å². The van der Waals surface area contributed by atoms with E-state index in [9.17, 15) is 14.4 Å². The van der Waals surface area contributed by atoms with Crippen molar-refractivity contribution in [1.82, 2.24) is 9.47 Å². The molecule has 1 atom stereocenters. The van der Waals surface area contributed by atoms with Crippen molar-refractivity contribution >= 4 is 40.1 Å². The Morgan fingerprint density at radius 2 is 1.74 bits per heavy atom. The van der Waals surface area contributed by atoms with Gasteiger partial charge >= 0.3 is 5.97 Å². The molecule has 1 fully saturated rings. The Morgan fingerprint density at radius 1 is 0.979 bits per heavy atom. The number of fused-ring (bicyclic) bond motifs is 2. The Bertz CT molecular complexity index is 2060. The van der Waals surface area contributed by atoms with Gasteiger partial charge in [-0.05, 0) is 74.2 Å². The number of thiazole rings is 1. The van der Waals surface area contributed by atoms with E-state index in [0.29, 0.717) is 50.0 Å². The van der Waals surface area contributed by atoms with E-state index >= 15 is 0 Å². The van der Waals surface area contributed by atoms with Gasteiger partial charge in [0.05, 0.1) is 36.1 Å². The summed E-state index contributed by atoms with van der Waals surface area (Å²) in [7, 11) is 1.57. The number of carbonyl (C=O) groups is 2. The number of aromatic nitrogens is 1. The second-order valence-electron chi connectivity index (χ2n) is 11.2. The number of allylic oxidation sites excluding steroid dienone is 1. The SMILES string of the molecule is CCOC(=O)C1=C(C)N=c2s/c(=C/c3ccc(OCC(=O)N4CCCC4)c(OCC)c3)c(=O)n2[C@H]1c1c(OC)ccc2ccccc12. The fourth-order valence-electron chi connectivity index (χ4n) is 6.15. The molecule has 4 aromatic rings. The molecule has 1 aromatic heterocycles. The number of methoxy groups -OCH3 is 1. The molecule has 0 unspecified atom stereocenters. The molecule has 10 nitrogen and oxygen atoms in total. The lowest BCUT2D eigenvalue weighted by Crippen LogP contribution is -2.40. The predicted octanol–water partition coefficient (Wildman–Crippen LogP) is 4.36. The molecule has 1 saturated heterocycles. The molecule has 0 radical (unpaired) electrons. The first-order valence-corrected chi connectivity index (χ1v) is 16.6. The summed E-state index contributed by atoms with van der Waals surface area (Å²) >= 11 is 1.24. The maximum absolute atomic E-state index is 14.3. The number of hydrogen-bond donors (Lipinski definition) is 0. The average molecular weight is 656 g/mol. The van der Waals surface area contributed by atoms with Gasteiger partial charge < -0.3 is 23.8 Å². The van der Waals surface area contributed by atoms with E-state index in [1.54, 1.807) is 43.7 Å². The standard InChI is InChI=1S/C36H37N3O7S/c1-5-44-28-19-23(13-15-26(28)46-21-30(40)38-17-9-10-18-38)20-29-34(41)39-33(31(35(42)45-6-2)22(3)37-36(39)47-29)32-25-12-8-7-11-24(25)14-16-27(32)43-4/h7-8,11-16,19-20,33H,5-6,9-10,17-18,21H2,1-4H3/b29-20+/t33-/m1/s1. The van der Waals surface area contributed by atoms with Gasteiger partial charge in [-0.3, -0.25) is 14.2 Å². The zero-order valence-electron chi connectivity index (χ0n) is 26.9. The molecule has 0 spiro atoms. The molecule has 244 valence electrons. The molecule has 11 heteroatoms. The number of benzene rings is 3. The van der Waals surface area contributed by atoms with E-state index in [-0.39, 0.29) is 30.3 Å². The molecule has 3 heterocycles. The van der Waals surface area contributed by atoms with Crippen molar-refractivity contribution in [2.75, 3.05) is 40.0 Å². The molecule has 2 aliphatic heterocycles. The van der Waals surface area contributed by atoms with E-state index in [2.05, 4.69) is 0 Å². The normalized spacial score (nSPS) is 16.2. The van der Waals surface area contributed by atoms with Crippen LogP contribution in [0.3, 0.4) is 0 Å².